The van der Waals surface area contributed by atoms with Crippen molar-refractivity contribution >= 4 is 22.6 Å². The predicted octanol–water partition coefficient (Wildman–Crippen LogP) is 5.39. The Morgan fingerprint density at radius 1 is 1.04 bits per heavy atom. The van der Waals surface area contributed by atoms with Gasteiger partial charge in [0.25, 0.3) is 0 Å². The first-order chi connectivity index (χ1) is 11.7. The zero-order chi connectivity index (χ0) is 20.6. The summed E-state index contributed by atoms with van der Waals surface area (Å²) in [5.41, 5.74) is -0.678. The molecule has 0 aliphatic rings. The average Bonchev–Trinajstić information content (AvgIpc) is 2.46. The highest BCUT2D eigenvalue weighted by atomic mass is 28.4. The summed E-state index contributed by atoms with van der Waals surface area (Å²) in [5.74, 6) is -0.115. The van der Waals surface area contributed by atoms with Gasteiger partial charge >= 0.3 is 5.97 Å². The van der Waals surface area contributed by atoms with Crippen molar-refractivity contribution in [3.8, 4) is 0 Å². The lowest BCUT2D eigenvalue weighted by molar-refractivity contribution is -0.289. The molecule has 0 saturated heterocycles. The van der Waals surface area contributed by atoms with Gasteiger partial charge in [-0.15, -0.1) is 0 Å². The average molecular weight is 407 g/mol. The smallest absolute Gasteiger partial charge is 0.311 e. The van der Waals surface area contributed by atoms with Gasteiger partial charge in [0.1, 0.15) is 0 Å². The Hall–Kier alpha value is -0.216. The fraction of sp³-hybridized carbons (Fsp3) is 0.947. The minimum Gasteiger partial charge on any atom is -0.465 e. The van der Waals surface area contributed by atoms with Gasteiger partial charge in [-0.2, -0.15) is 0 Å². The van der Waals surface area contributed by atoms with Crippen molar-refractivity contribution in [3.63, 3.8) is 0 Å². The second-order valence-corrected chi connectivity index (χ2v) is 19.0. The number of carbonyl (C=O) groups is 1. The second-order valence-electron chi connectivity index (χ2n) is 9.90. The van der Waals surface area contributed by atoms with E-state index in [1.54, 1.807) is 0 Å². The Kier molecular flexibility index (Phi) is 10.3. The monoisotopic (exact) mass is 406 g/mol. The summed E-state index contributed by atoms with van der Waals surface area (Å²) >= 11 is 0. The lowest BCUT2D eigenvalue weighted by atomic mass is 9.73. The van der Waals surface area contributed by atoms with Crippen LogP contribution in [0, 0.1) is 10.8 Å². The molecule has 156 valence electrons. The van der Waals surface area contributed by atoms with Crippen LogP contribution in [-0.2, 0) is 23.4 Å². The number of rotatable bonds is 13. The quantitative estimate of drug-likeness (QED) is 0.135. The van der Waals surface area contributed by atoms with E-state index < -0.39 is 22.0 Å². The minimum atomic E-state index is -1.68. The summed E-state index contributed by atoms with van der Waals surface area (Å²) in [4.78, 5) is 22.5. The molecule has 0 spiro atoms. The maximum Gasteiger partial charge on any atom is 0.311 e. The molecular formula is C19H42O5Si2. The van der Waals surface area contributed by atoms with Crippen LogP contribution >= 0.6 is 0 Å². The van der Waals surface area contributed by atoms with Crippen molar-refractivity contribution in [2.24, 2.45) is 10.8 Å². The van der Waals surface area contributed by atoms with Gasteiger partial charge in [0.05, 0.1) is 25.7 Å². The fourth-order valence-electron chi connectivity index (χ4n) is 3.38. The molecule has 26 heavy (non-hydrogen) atoms. The number of carbonyl (C=O) groups excluding carboxylic acids is 1. The molecule has 5 nitrogen and oxygen atoms in total. The highest BCUT2D eigenvalue weighted by Crippen LogP contribution is 2.38. The van der Waals surface area contributed by atoms with Crippen LogP contribution in [0.2, 0.25) is 38.8 Å². The van der Waals surface area contributed by atoms with Crippen LogP contribution in [0.1, 0.15) is 47.0 Å². The third-order valence-electron chi connectivity index (χ3n) is 4.45. The topological polar surface area (TPSA) is 54.0 Å². The van der Waals surface area contributed by atoms with E-state index in [-0.39, 0.29) is 11.4 Å². The van der Waals surface area contributed by atoms with E-state index in [0.29, 0.717) is 19.6 Å². The molecule has 0 N–H and O–H groups in total. The van der Waals surface area contributed by atoms with E-state index >= 15 is 0 Å². The number of ether oxygens (including phenoxy) is 1. The lowest BCUT2D eigenvalue weighted by Gasteiger charge is -2.34. The van der Waals surface area contributed by atoms with Gasteiger partial charge in [0, 0.05) is 0 Å². The van der Waals surface area contributed by atoms with E-state index in [1.807, 2.05) is 13.8 Å². The molecule has 7 heteroatoms. The van der Waals surface area contributed by atoms with Gasteiger partial charge in [-0.25, -0.2) is 9.78 Å². The van der Waals surface area contributed by atoms with E-state index in [2.05, 4.69) is 46.6 Å². The second kappa shape index (κ2) is 10.4. The zero-order valence-electron chi connectivity index (χ0n) is 18.8. The van der Waals surface area contributed by atoms with E-state index in [1.165, 1.54) is 7.11 Å². The SMILES string of the molecule is CCC(C)(CC(C)(C)COOC)C(=O)OCCC[Si](C)(C)O[Si](C)(C)C. The molecule has 0 aromatic heterocycles. The lowest BCUT2D eigenvalue weighted by Crippen LogP contribution is -2.42. The van der Waals surface area contributed by atoms with Crippen LogP contribution in [0.5, 0.6) is 0 Å². The van der Waals surface area contributed by atoms with Crippen molar-refractivity contribution in [1.82, 2.24) is 0 Å². The first-order valence-electron chi connectivity index (χ1n) is 9.69. The van der Waals surface area contributed by atoms with Gasteiger partial charge in [-0.05, 0) is 70.4 Å². The first kappa shape index (κ1) is 25.8. The maximum absolute atomic E-state index is 12.7. The molecule has 0 heterocycles. The molecule has 0 aliphatic carbocycles. The van der Waals surface area contributed by atoms with Gasteiger partial charge in [0.2, 0.25) is 0 Å². The van der Waals surface area contributed by atoms with Crippen LogP contribution in [-0.4, -0.2) is 42.9 Å². The Labute approximate surface area is 163 Å². The van der Waals surface area contributed by atoms with Crippen LogP contribution in [0.4, 0.5) is 0 Å². The highest BCUT2D eigenvalue weighted by molar-refractivity contribution is 6.84. The molecule has 0 aliphatic heterocycles. The van der Waals surface area contributed by atoms with Crippen LogP contribution < -0.4 is 0 Å². The molecule has 0 bridgehead atoms. The van der Waals surface area contributed by atoms with Crippen molar-refractivity contribution in [2.45, 2.75) is 85.7 Å². The van der Waals surface area contributed by atoms with Crippen molar-refractivity contribution in [3.05, 3.63) is 0 Å². The highest BCUT2D eigenvalue weighted by Gasteiger charge is 2.39. The van der Waals surface area contributed by atoms with Crippen molar-refractivity contribution in [1.29, 1.82) is 0 Å². The molecular weight excluding hydrogens is 364 g/mol. The largest absolute Gasteiger partial charge is 0.465 e. The molecule has 0 aromatic carbocycles. The number of hydrogen-bond donors (Lipinski definition) is 0. The minimum absolute atomic E-state index is 0.115. The van der Waals surface area contributed by atoms with Gasteiger partial charge in [-0.3, -0.25) is 4.79 Å². The van der Waals surface area contributed by atoms with E-state index in [9.17, 15) is 4.79 Å². The molecule has 0 fully saturated rings. The summed E-state index contributed by atoms with van der Waals surface area (Å²) in [6, 6.07) is 1.01. The number of hydrogen-bond acceptors (Lipinski definition) is 5. The van der Waals surface area contributed by atoms with Crippen LogP contribution in [0.25, 0.3) is 0 Å². The Balaban J connectivity index is 4.54. The molecule has 0 amide bonds. The standard InChI is InChI=1S/C19H42O5Si2/c1-11-19(4,15-18(2,3)16-23-21-5)17(20)22-13-12-14-26(9,10)24-25(6,7)8/h11-16H2,1-10H3. The van der Waals surface area contributed by atoms with E-state index in [0.717, 1.165) is 18.9 Å². The predicted molar refractivity (Wildman–Crippen MR) is 112 cm³/mol. The third-order valence-corrected chi connectivity index (χ3v) is 10.7. The van der Waals surface area contributed by atoms with Crippen molar-refractivity contribution < 1.29 is 23.4 Å². The Bertz CT molecular complexity index is 432. The van der Waals surface area contributed by atoms with E-state index in [4.69, 9.17) is 18.6 Å². The van der Waals surface area contributed by atoms with Gasteiger partial charge in [-0.1, -0.05) is 20.8 Å². The summed E-state index contributed by atoms with van der Waals surface area (Å²) in [5, 5.41) is 0. The molecule has 0 rings (SSSR count). The van der Waals surface area contributed by atoms with Gasteiger partial charge < -0.3 is 8.85 Å². The summed E-state index contributed by atoms with van der Waals surface area (Å²) in [6.45, 7) is 20.3. The third kappa shape index (κ3) is 10.8. The van der Waals surface area contributed by atoms with Crippen molar-refractivity contribution in [2.75, 3.05) is 20.3 Å². The molecule has 1 atom stereocenters. The van der Waals surface area contributed by atoms with Crippen LogP contribution in [0.3, 0.4) is 0 Å². The summed E-state index contributed by atoms with van der Waals surface area (Å²) in [6.07, 6.45) is 2.30. The molecule has 0 aromatic rings. The molecule has 0 saturated carbocycles. The zero-order valence-corrected chi connectivity index (χ0v) is 20.8. The fourth-order valence-corrected chi connectivity index (χ4v) is 11.4. The normalized spacial score (nSPS) is 15.6. The number of esters is 1. The summed E-state index contributed by atoms with van der Waals surface area (Å²) < 4.78 is 12.0. The summed E-state index contributed by atoms with van der Waals surface area (Å²) in [7, 11) is -1.69. The molecule has 1 unspecified atom stereocenters. The Morgan fingerprint density at radius 2 is 1.62 bits per heavy atom. The first-order valence-corrected chi connectivity index (χ1v) is 16.2. The van der Waals surface area contributed by atoms with Gasteiger partial charge in [0.15, 0.2) is 16.6 Å². The van der Waals surface area contributed by atoms with Crippen LogP contribution in [0.15, 0.2) is 0 Å². The maximum atomic E-state index is 12.7. The molecule has 0 radical (unpaired) electrons. The Morgan fingerprint density at radius 3 is 2.08 bits per heavy atom.